The van der Waals surface area contributed by atoms with Crippen LogP contribution in [0.5, 0.6) is 0 Å². The molecule has 1 fully saturated rings. The van der Waals surface area contributed by atoms with E-state index in [2.05, 4.69) is 20.8 Å². The van der Waals surface area contributed by atoms with Crippen LogP contribution in [0.25, 0.3) is 0 Å². The molecular formula is C14H23N7O7. The van der Waals surface area contributed by atoms with E-state index in [9.17, 15) is 24.6 Å². The van der Waals surface area contributed by atoms with Crippen LogP contribution in [0.4, 0.5) is 10.7 Å². The van der Waals surface area contributed by atoms with Crippen molar-refractivity contribution < 1.29 is 34.2 Å². The number of amides is 3. The molecule has 0 aromatic carbocycles. The Hall–Kier alpha value is -2.97. The van der Waals surface area contributed by atoms with E-state index in [1.807, 2.05) is 0 Å². The van der Waals surface area contributed by atoms with Crippen molar-refractivity contribution in [1.29, 1.82) is 0 Å². The van der Waals surface area contributed by atoms with Gasteiger partial charge in [-0.25, -0.2) is 9.59 Å². The van der Waals surface area contributed by atoms with Crippen LogP contribution in [0.1, 0.15) is 25.3 Å². The Labute approximate surface area is 158 Å². The van der Waals surface area contributed by atoms with E-state index in [4.69, 9.17) is 21.1 Å². The number of carboxylic acid groups (broad SMARTS) is 1. The number of aromatic nitrogens is 2. The van der Waals surface area contributed by atoms with Gasteiger partial charge in [0.25, 0.3) is 11.8 Å². The number of nitrogens with two attached hydrogens (primary N) is 2. The SMILES string of the molecule is CC(O)[C@H](NC(=O)N[C@@H](CC(N)=O)c1nc(N2C[C@H](N)[C@@H](O)C2)no1)C(=O)O. The van der Waals surface area contributed by atoms with Crippen molar-refractivity contribution in [2.24, 2.45) is 11.5 Å². The summed E-state index contributed by atoms with van der Waals surface area (Å²) in [4.78, 5) is 40.1. The highest BCUT2D eigenvalue weighted by molar-refractivity contribution is 5.83. The van der Waals surface area contributed by atoms with Crippen LogP contribution in [0, 0.1) is 0 Å². The molecule has 2 rings (SSSR count). The molecule has 0 aliphatic carbocycles. The average molecular weight is 401 g/mol. The first-order valence-electron chi connectivity index (χ1n) is 8.36. The molecule has 156 valence electrons. The number of hydrogen-bond acceptors (Lipinski definition) is 10. The van der Waals surface area contributed by atoms with Gasteiger partial charge in [-0.3, -0.25) is 4.79 Å². The second-order valence-electron chi connectivity index (χ2n) is 6.47. The van der Waals surface area contributed by atoms with Crippen LogP contribution in [0.2, 0.25) is 0 Å². The minimum Gasteiger partial charge on any atom is -0.480 e. The third kappa shape index (κ3) is 5.28. The van der Waals surface area contributed by atoms with E-state index < -0.39 is 54.7 Å². The highest BCUT2D eigenvalue weighted by atomic mass is 16.5. The lowest BCUT2D eigenvalue weighted by molar-refractivity contribution is -0.141. The molecule has 1 unspecified atom stereocenters. The third-order valence-electron chi connectivity index (χ3n) is 4.09. The van der Waals surface area contributed by atoms with Crippen molar-refractivity contribution in [3.05, 3.63) is 5.89 Å². The molecule has 0 spiro atoms. The number of urea groups is 1. The van der Waals surface area contributed by atoms with Crippen molar-refractivity contribution in [3.63, 3.8) is 0 Å². The fourth-order valence-corrected chi connectivity index (χ4v) is 2.60. The molecule has 2 heterocycles. The molecule has 14 heteroatoms. The quantitative estimate of drug-likeness (QED) is 0.227. The highest BCUT2D eigenvalue weighted by Crippen LogP contribution is 2.21. The van der Waals surface area contributed by atoms with E-state index in [1.165, 1.54) is 6.92 Å². The Morgan fingerprint density at radius 2 is 2.04 bits per heavy atom. The van der Waals surface area contributed by atoms with Gasteiger partial charge in [0.2, 0.25) is 5.91 Å². The monoisotopic (exact) mass is 401 g/mol. The van der Waals surface area contributed by atoms with E-state index in [0.717, 1.165) is 0 Å². The molecule has 28 heavy (non-hydrogen) atoms. The first-order valence-corrected chi connectivity index (χ1v) is 8.36. The zero-order valence-electron chi connectivity index (χ0n) is 15.0. The summed E-state index contributed by atoms with van der Waals surface area (Å²) in [6, 6.07) is -4.18. The van der Waals surface area contributed by atoms with Gasteiger partial charge in [0.1, 0.15) is 6.04 Å². The average Bonchev–Trinajstić information content (AvgIpc) is 3.18. The van der Waals surface area contributed by atoms with Crippen molar-refractivity contribution in [1.82, 2.24) is 20.8 Å². The van der Waals surface area contributed by atoms with Gasteiger partial charge >= 0.3 is 12.0 Å². The number of primary amides is 1. The molecule has 3 amide bonds. The lowest BCUT2D eigenvalue weighted by Crippen LogP contribution is -2.52. The van der Waals surface area contributed by atoms with Gasteiger partial charge in [-0.1, -0.05) is 0 Å². The fourth-order valence-electron chi connectivity index (χ4n) is 2.60. The molecule has 0 bridgehead atoms. The third-order valence-corrected chi connectivity index (χ3v) is 4.09. The molecule has 14 nitrogen and oxygen atoms in total. The first kappa shape index (κ1) is 21.3. The fraction of sp³-hybridized carbons (Fsp3) is 0.643. The van der Waals surface area contributed by atoms with Gasteiger partial charge in [-0.2, -0.15) is 4.98 Å². The first-order chi connectivity index (χ1) is 13.1. The smallest absolute Gasteiger partial charge is 0.328 e. The number of aliphatic hydroxyl groups excluding tert-OH is 2. The maximum atomic E-state index is 12.1. The topological polar surface area (TPSA) is 230 Å². The number of nitrogens with one attached hydrogen (secondary N) is 2. The summed E-state index contributed by atoms with van der Waals surface area (Å²) in [5, 5.41) is 36.2. The molecule has 1 aliphatic heterocycles. The molecule has 1 aromatic heterocycles. The number of nitrogens with zero attached hydrogens (tertiary/aromatic N) is 3. The number of rotatable bonds is 8. The van der Waals surface area contributed by atoms with Crippen molar-refractivity contribution in [2.45, 2.75) is 43.7 Å². The van der Waals surface area contributed by atoms with Crippen molar-refractivity contribution in [2.75, 3.05) is 18.0 Å². The predicted molar refractivity (Wildman–Crippen MR) is 91.8 cm³/mol. The normalized spacial score (nSPS) is 22.4. The summed E-state index contributed by atoms with van der Waals surface area (Å²) in [5.74, 6) is -2.27. The summed E-state index contributed by atoms with van der Waals surface area (Å²) in [6.07, 6.45) is -2.52. The Bertz CT molecular complexity index is 715. The van der Waals surface area contributed by atoms with E-state index in [-0.39, 0.29) is 24.9 Å². The van der Waals surface area contributed by atoms with Gasteiger partial charge in [0.05, 0.1) is 18.6 Å². The molecule has 1 saturated heterocycles. The summed E-state index contributed by atoms with van der Waals surface area (Å²) in [7, 11) is 0. The van der Waals surface area contributed by atoms with Crippen LogP contribution in [-0.4, -0.2) is 80.7 Å². The predicted octanol–water partition coefficient (Wildman–Crippen LogP) is -3.37. The van der Waals surface area contributed by atoms with Gasteiger partial charge in [-0.05, 0) is 12.1 Å². The second kappa shape index (κ2) is 8.81. The highest BCUT2D eigenvalue weighted by Gasteiger charge is 2.33. The Kier molecular flexibility index (Phi) is 6.71. The van der Waals surface area contributed by atoms with Crippen LogP contribution >= 0.6 is 0 Å². The van der Waals surface area contributed by atoms with E-state index >= 15 is 0 Å². The molecule has 9 N–H and O–H groups in total. The summed E-state index contributed by atoms with van der Waals surface area (Å²) < 4.78 is 5.07. The number of hydrogen-bond donors (Lipinski definition) is 7. The molecule has 0 saturated carbocycles. The Morgan fingerprint density at radius 3 is 2.54 bits per heavy atom. The lowest BCUT2D eigenvalue weighted by Gasteiger charge is -2.19. The Morgan fingerprint density at radius 1 is 1.36 bits per heavy atom. The van der Waals surface area contributed by atoms with E-state index in [1.54, 1.807) is 4.90 Å². The number of carboxylic acids is 1. The molecule has 0 radical (unpaired) electrons. The minimum atomic E-state index is -1.57. The number of β-amino-alcohol motifs (C(OH)–C–C–N with tert-alkyl or cyclic N) is 1. The summed E-state index contributed by atoms with van der Waals surface area (Å²) in [5.41, 5.74) is 10.9. The minimum absolute atomic E-state index is 0.103. The van der Waals surface area contributed by atoms with Gasteiger partial charge in [-0.15, -0.1) is 0 Å². The molecular weight excluding hydrogens is 378 g/mol. The zero-order valence-corrected chi connectivity index (χ0v) is 15.0. The molecule has 1 aliphatic rings. The number of carbonyl (C=O) groups is 3. The van der Waals surface area contributed by atoms with Gasteiger partial charge in [0, 0.05) is 19.1 Å². The number of carbonyl (C=O) groups excluding carboxylic acids is 2. The standard InChI is InChI=1S/C14H23N7O7/c1-5(22)10(12(25)26)18-14(27)17-7(2-9(16)24)11-19-13(20-28-11)21-3-6(15)8(23)4-21/h5-8,10,22-23H,2-4,15H2,1H3,(H2,16,24)(H,25,26)(H2,17,18,27)/t5?,6-,7-,8-,10-/m0/s1. The van der Waals surface area contributed by atoms with Crippen LogP contribution in [0.3, 0.4) is 0 Å². The van der Waals surface area contributed by atoms with Crippen molar-refractivity contribution >= 4 is 23.9 Å². The van der Waals surface area contributed by atoms with Crippen molar-refractivity contribution in [3.8, 4) is 0 Å². The number of aliphatic carboxylic acids is 1. The molecule has 1 aromatic rings. The molecule has 5 atom stereocenters. The maximum absolute atomic E-state index is 12.1. The van der Waals surface area contributed by atoms with Crippen LogP contribution < -0.4 is 27.0 Å². The lowest BCUT2D eigenvalue weighted by atomic mass is 10.2. The zero-order chi connectivity index (χ0) is 21.0. The van der Waals surface area contributed by atoms with Gasteiger partial charge in [0.15, 0.2) is 6.04 Å². The van der Waals surface area contributed by atoms with Gasteiger partial charge < -0.3 is 46.8 Å². The number of aliphatic hydroxyl groups is 2. The largest absolute Gasteiger partial charge is 0.480 e. The summed E-state index contributed by atoms with van der Waals surface area (Å²) >= 11 is 0. The summed E-state index contributed by atoms with van der Waals surface area (Å²) in [6.45, 7) is 1.66. The second-order valence-corrected chi connectivity index (χ2v) is 6.47. The Balaban J connectivity index is 2.10. The number of anilines is 1. The van der Waals surface area contributed by atoms with Crippen LogP contribution in [-0.2, 0) is 9.59 Å². The maximum Gasteiger partial charge on any atom is 0.328 e. The van der Waals surface area contributed by atoms with E-state index in [0.29, 0.717) is 0 Å². The van der Waals surface area contributed by atoms with Crippen LogP contribution in [0.15, 0.2) is 4.52 Å².